The summed E-state index contributed by atoms with van der Waals surface area (Å²) in [5.74, 6) is -0.580. The number of amidine groups is 1. The summed E-state index contributed by atoms with van der Waals surface area (Å²) in [6.45, 7) is 0. The molecule has 0 bridgehead atoms. The number of benzene rings is 3. The average Bonchev–Trinajstić information content (AvgIpc) is 2.74. The molecule has 0 spiro atoms. The van der Waals surface area contributed by atoms with E-state index in [2.05, 4.69) is 10.6 Å². The number of aliphatic hydroxyl groups is 1. The minimum absolute atomic E-state index is 0.0570. The van der Waals surface area contributed by atoms with Gasteiger partial charge in [-0.1, -0.05) is 83.3 Å². The first kappa shape index (κ1) is 22.3. The van der Waals surface area contributed by atoms with E-state index in [1.807, 2.05) is 6.07 Å². The Balaban J connectivity index is 1.85. The summed E-state index contributed by atoms with van der Waals surface area (Å²) in [5, 5.41) is 25.3. The van der Waals surface area contributed by atoms with Crippen molar-refractivity contribution in [1.29, 1.82) is 5.41 Å². The Bertz CT molecular complexity index is 1060. The molecule has 0 aliphatic heterocycles. The second-order valence-corrected chi connectivity index (χ2v) is 7.71. The minimum atomic E-state index is -1.22. The lowest BCUT2D eigenvalue weighted by molar-refractivity contribution is -0.122. The second-order valence-electron chi connectivity index (χ2n) is 6.46. The van der Waals surface area contributed by atoms with Crippen molar-refractivity contribution in [1.82, 2.24) is 10.6 Å². The Morgan fingerprint density at radius 3 is 2.27 bits per heavy atom. The summed E-state index contributed by atoms with van der Waals surface area (Å²) in [7, 11) is 0. The molecule has 0 fully saturated rings. The number of hydrogen-bond donors (Lipinski definition) is 4. The Labute approximate surface area is 189 Å². The van der Waals surface area contributed by atoms with Gasteiger partial charge in [-0.3, -0.25) is 15.5 Å². The van der Waals surface area contributed by atoms with E-state index in [1.54, 1.807) is 60.7 Å². The maximum Gasteiger partial charge on any atom is 0.247 e. The molecule has 0 aromatic heterocycles. The van der Waals surface area contributed by atoms with Gasteiger partial charge in [0.25, 0.3) is 0 Å². The van der Waals surface area contributed by atoms with Crippen molar-refractivity contribution in [2.45, 2.75) is 12.3 Å². The third-order valence-electron chi connectivity index (χ3n) is 4.34. The van der Waals surface area contributed by atoms with Gasteiger partial charge < -0.3 is 10.4 Å². The van der Waals surface area contributed by atoms with E-state index in [4.69, 9.17) is 40.2 Å². The molecule has 154 valence electrons. The van der Waals surface area contributed by atoms with Gasteiger partial charge in [0.05, 0.1) is 10.0 Å². The van der Waals surface area contributed by atoms with Crippen LogP contribution < -0.4 is 10.6 Å². The van der Waals surface area contributed by atoms with Crippen LogP contribution >= 0.6 is 34.8 Å². The molecule has 0 saturated heterocycles. The van der Waals surface area contributed by atoms with Gasteiger partial charge >= 0.3 is 0 Å². The zero-order chi connectivity index (χ0) is 21.7. The molecule has 0 aliphatic rings. The summed E-state index contributed by atoms with van der Waals surface area (Å²) in [5.41, 5.74) is 1.52. The number of aliphatic hydroxyl groups excluding tert-OH is 1. The number of halogens is 3. The minimum Gasteiger partial charge on any atom is -0.374 e. The molecule has 3 aromatic rings. The van der Waals surface area contributed by atoms with Crippen LogP contribution in [0.3, 0.4) is 0 Å². The van der Waals surface area contributed by atoms with E-state index in [0.29, 0.717) is 26.7 Å². The van der Waals surface area contributed by atoms with Gasteiger partial charge in [-0.15, -0.1) is 0 Å². The van der Waals surface area contributed by atoms with E-state index in [1.165, 1.54) is 6.07 Å². The van der Waals surface area contributed by atoms with Crippen LogP contribution in [0.1, 0.15) is 29.0 Å². The van der Waals surface area contributed by atoms with E-state index in [-0.39, 0.29) is 10.9 Å². The summed E-state index contributed by atoms with van der Waals surface area (Å²) in [6, 6.07) is 19.2. The van der Waals surface area contributed by atoms with Crippen LogP contribution in [0.4, 0.5) is 0 Å². The Hall–Kier alpha value is -2.41. The predicted molar refractivity (Wildman–Crippen MR) is 120 cm³/mol. The molecular formula is C22H18Cl3N3O2. The zero-order valence-corrected chi connectivity index (χ0v) is 17.8. The highest BCUT2D eigenvalue weighted by molar-refractivity contribution is 6.42. The van der Waals surface area contributed by atoms with Gasteiger partial charge in [-0.25, -0.2) is 0 Å². The first-order chi connectivity index (χ1) is 14.3. The van der Waals surface area contributed by atoms with Crippen LogP contribution in [-0.2, 0) is 4.79 Å². The fourth-order valence-corrected chi connectivity index (χ4v) is 3.32. The van der Waals surface area contributed by atoms with Crippen LogP contribution in [0.2, 0.25) is 15.1 Å². The lowest BCUT2D eigenvalue weighted by Crippen LogP contribution is -2.42. The summed E-state index contributed by atoms with van der Waals surface area (Å²) < 4.78 is 0. The lowest BCUT2D eigenvalue weighted by atomic mass is 10.0. The van der Waals surface area contributed by atoms with Gasteiger partial charge in [0.15, 0.2) is 0 Å². The van der Waals surface area contributed by atoms with Crippen molar-refractivity contribution >= 4 is 46.5 Å². The second kappa shape index (κ2) is 10.1. The highest BCUT2D eigenvalue weighted by Crippen LogP contribution is 2.27. The Morgan fingerprint density at radius 1 is 0.867 bits per heavy atom. The number of rotatable bonds is 6. The molecule has 3 aromatic carbocycles. The highest BCUT2D eigenvalue weighted by atomic mass is 35.5. The van der Waals surface area contributed by atoms with E-state index in [9.17, 15) is 9.90 Å². The molecule has 0 heterocycles. The zero-order valence-electron chi connectivity index (χ0n) is 15.6. The predicted octanol–water partition coefficient (Wildman–Crippen LogP) is 5.11. The molecule has 30 heavy (non-hydrogen) atoms. The van der Waals surface area contributed by atoms with Crippen LogP contribution in [0, 0.1) is 5.41 Å². The first-order valence-corrected chi connectivity index (χ1v) is 10.1. The molecule has 0 radical (unpaired) electrons. The molecular weight excluding hydrogens is 445 g/mol. The summed E-state index contributed by atoms with van der Waals surface area (Å²) in [6.07, 6.45) is -1.22. The van der Waals surface area contributed by atoms with E-state index >= 15 is 0 Å². The fourth-order valence-electron chi connectivity index (χ4n) is 2.82. The number of hydrogen-bond acceptors (Lipinski definition) is 4. The topological polar surface area (TPSA) is 85.2 Å². The van der Waals surface area contributed by atoms with Crippen molar-refractivity contribution in [3.8, 4) is 0 Å². The molecule has 0 aliphatic carbocycles. The average molecular weight is 463 g/mol. The number of amides is 1. The van der Waals surface area contributed by atoms with E-state index in [0.717, 1.165) is 0 Å². The van der Waals surface area contributed by atoms with Crippen molar-refractivity contribution in [3.05, 3.63) is 105 Å². The third-order valence-corrected chi connectivity index (χ3v) is 5.31. The van der Waals surface area contributed by atoms with Gasteiger partial charge in [0, 0.05) is 10.6 Å². The Morgan fingerprint density at radius 2 is 1.60 bits per heavy atom. The van der Waals surface area contributed by atoms with Gasteiger partial charge in [0.1, 0.15) is 18.1 Å². The molecule has 1 amide bonds. The van der Waals surface area contributed by atoms with Gasteiger partial charge in [-0.2, -0.15) is 0 Å². The van der Waals surface area contributed by atoms with Gasteiger partial charge in [-0.05, 0) is 35.4 Å². The van der Waals surface area contributed by atoms with Crippen molar-refractivity contribution in [3.63, 3.8) is 0 Å². The SMILES string of the molecule is N=C(NC(=O)C(NC(O)c1ccc(Cl)c(Cl)c1)c1cccc(Cl)c1)c1ccccc1. The number of carbonyl (C=O) groups excluding carboxylic acids is 1. The number of carbonyl (C=O) groups is 1. The standard InChI is InChI=1S/C22H18Cl3N3O2/c23-16-8-4-7-14(11-16)19(22(30)28-20(26)13-5-2-1-3-6-13)27-21(29)15-9-10-17(24)18(25)12-15/h1-12,19,21,27,29H,(H2,26,28,30). The van der Waals surface area contributed by atoms with Crippen molar-refractivity contribution in [2.75, 3.05) is 0 Å². The van der Waals surface area contributed by atoms with Crippen LogP contribution in [-0.4, -0.2) is 16.8 Å². The molecule has 0 saturated carbocycles. The van der Waals surface area contributed by atoms with E-state index < -0.39 is 18.2 Å². The van der Waals surface area contributed by atoms with Crippen LogP contribution in [0.15, 0.2) is 72.8 Å². The van der Waals surface area contributed by atoms with Crippen LogP contribution in [0.25, 0.3) is 0 Å². The molecule has 4 N–H and O–H groups in total. The molecule has 2 unspecified atom stereocenters. The quantitative estimate of drug-likeness (QED) is 0.233. The maximum absolute atomic E-state index is 13.0. The summed E-state index contributed by atoms with van der Waals surface area (Å²) in [4.78, 5) is 13.0. The van der Waals surface area contributed by atoms with Crippen LogP contribution in [0.5, 0.6) is 0 Å². The first-order valence-electron chi connectivity index (χ1n) is 8.94. The number of nitrogens with one attached hydrogen (secondary N) is 3. The largest absolute Gasteiger partial charge is 0.374 e. The van der Waals surface area contributed by atoms with Crippen molar-refractivity contribution < 1.29 is 9.90 Å². The molecule has 8 heteroatoms. The van der Waals surface area contributed by atoms with Gasteiger partial charge in [0.2, 0.25) is 5.91 Å². The molecule has 5 nitrogen and oxygen atoms in total. The maximum atomic E-state index is 13.0. The molecule has 2 atom stereocenters. The lowest BCUT2D eigenvalue weighted by Gasteiger charge is -2.23. The monoisotopic (exact) mass is 461 g/mol. The third kappa shape index (κ3) is 5.59. The van der Waals surface area contributed by atoms with Crippen molar-refractivity contribution in [2.24, 2.45) is 0 Å². The molecule has 3 rings (SSSR count). The smallest absolute Gasteiger partial charge is 0.247 e. The fraction of sp³-hybridized carbons (Fsp3) is 0.0909. The Kier molecular flexibility index (Phi) is 7.48. The highest BCUT2D eigenvalue weighted by Gasteiger charge is 2.25. The normalized spacial score (nSPS) is 12.8. The summed E-state index contributed by atoms with van der Waals surface area (Å²) >= 11 is 18.1.